The number of carbonyl (C=O) groups excluding carboxylic acids is 1. The van der Waals surface area contributed by atoms with Crippen LogP contribution in [0.15, 0.2) is 18.3 Å². The lowest BCUT2D eigenvalue weighted by Gasteiger charge is -2.27. The molecular formula is C21H21F4N5O2. The van der Waals surface area contributed by atoms with Gasteiger partial charge in [0.2, 0.25) is 0 Å². The molecule has 0 aliphatic carbocycles. The minimum atomic E-state index is -4.71. The summed E-state index contributed by atoms with van der Waals surface area (Å²) in [6.45, 7) is 5.54. The molecule has 0 spiro atoms. The summed E-state index contributed by atoms with van der Waals surface area (Å²) in [5.41, 5.74) is 7.52. The summed E-state index contributed by atoms with van der Waals surface area (Å²) in [6.07, 6.45) is -4.37. The van der Waals surface area contributed by atoms with Crippen molar-refractivity contribution in [3.63, 3.8) is 0 Å². The van der Waals surface area contributed by atoms with Crippen molar-refractivity contribution in [2.24, 2.45) is 0 Å². The van der Waals surface area contributed by atoms with Gasteiger partial charge in [0.15, 0.2) is 0 Å². The highest BCUT2D eigenvalue weighted by molar-refractivity contribution is 5.98. The number of alkyl halides is 3. The van der Waals surface area contributed by atoms with Crippen LogP contribution in [0, 0.1) is 5.82 Å². The molecule has 0 saturated carbocycles. The largest absolute Gasteiger partial charge is 0.417 e. The average molecular weight is 451 g/mol. The van der Waals surface area contributed by atoms with Crippen molar-refractivity contribution in [1.29, 1.82) is 0 Å². The molecule has 0 bridgehead atoms. The molecule has 1 aliphatic heterocycles. The van der Waals surface area contributed by atoms with E-state index in [9.17, 15) is 22.4 Å². The molecule has 0 fully saturated rings. The third-order valence-electron chi connectivity index (χ3n) is 5.72. The highest BCUT2D eigenvalue weighted by atomic mass is 19.4. The first-order valence-electron chi connectivity index (χ1n) is 9.99. The second-order valence-electron chi connectivity index (χ2n) is 7.64. The molecule has 0 radical (unpaired) electrons. The Labute approximate surface area is 180 Å². The molecular weight excluding hydrogens is 430 g/mol. The van der Waals surface area contributed by atoms with Gasteiger partial charge < -0.3 is 20.4 Å². The first-order valence-corrected chi connectivity index (χ1v) is 9.99. The van der Waals surface area contributed by atoms with Crippen LogP contribution in [0.1, 0.15) is 65.8 Å². The number of nitrogens with one attached hydrogen (secondary N) is 1. The lowest BCUT2D eigenvalue weighted by Crippen LogP contribution is -2.34. The highest BCUT2D eigenvalue weighted by Gasteiger charge is 2.34. The van der Waals surface area contributed by atoms with Crippen LogP contribution >= 0.6 is 0 Å². The maximum Gasteiger partial charge on any atom is 0.417 e. The van der Waals surface area contributed by atoms with Crippen LogP contribution in [0.5, 0.6) is 0 Å². The number of aromatic amines is 1. The van der Waals surface area contributed by atoms with E-state index < -0.39 is 29.5 Å². The van der Waals surface area contributed by atoms with Gasteiger partial charge in [0, 0.05) is 23.9 Å². The van der Waals surface area contributed by atoms with Crippen molar-refractivity contribution in [3.8, 4) is 0 Å². The molecule has 170 valence electrons. The minimum Gasteiger partial charge on any atom is -0.383 e. The zero-order valence-corrected chi connectivity index (χ0v) is 17.5. The molecule has 0 saturated heterocycles. The molecule has 1 aliphatic rings. The number of fused-ring (bicyclic) bond motifs is 3. The number of amides is 1. The van der Waals surface area contributed by atoms with Crippen LogP contribution < -0.4 is 5.73 Å². The number of hydrogen-bond acceptors (Lipinski definition) is 5. The van der Waals surface area contributed by atoms with Crippen LogP contribution in [0.2, 0.25) is 0 Å². The number of nitrogens with zero attached hydrogens (tertiary/aromatic N) is 3. The molecule has 4 rings (SSSR count). The Morgan fingerprint density at radius 2 is 2.12 bits per heavy atom. The van der Waals surface area contributed by atoms with E-state index in [1.807, 2.05) is 6.92 Å². The van der Waals surface area contributed by atoms with Crippen LogP contribution in [0.3, 0.4) is 0 Å². The van der Waals surface area contributed by atoms with E-state index in [2.05, 4.69) is 15.0 Å². The van der Waals surface area contributed by atoms with Crippen molar-refractivity contribution in [2.45, 2.75) is 45.7 Å². The van der Waals surface area contributed by atoms with E-state index in [0.29, 0.717) is 35.7 Å². The van der Waals surface area contributed by atoms with Gasteiger partial charge in [-0.25, -0.2) is 9.37 Å². The van der Waals surface area contributed by atoms with Crippen molar-refractivity contribution >= 4 is 22.8 Å². The third kappa shape index (κ3) is 3.56. The summed E-state index contributed by atoms with van der Waals surface area (Å²) in [5.74, 6) is -1.28. The molecule has 3 aromatic heterocycles. The van der Waals surface area contributed by atoms with Gasteiger partial charge in [-0.3, -0.25) is 9.78 Å². The van der Waals surface area contributed by atoms with E-state index in [1.165, 1.54) is 11.8 Å². The van der Waals surface area contributed by atoms with E-state index in [4.69, 9.17) is 10.5 Å². The lowest BCUT2D eigenvalue weighted by molar-refractivity contribution is -0.138. The Hall–Kier alpha value is -3.21. The number of nitrogens with two attached hydrogens (primary N) is 1. The Morgan fingerprint density at radius 1 is 1.41 bits per heavy atom. The van der Waals surface area contributed by atoms with Crippen molar-refractivity contribution in [1.82, 2.24) is 19.9 Å². The van der Waals surface area contributed by atoms with Crippen LogP contribution in [0.25, 0.3) is 11.0 Å². The van der Waals surface area contributed by atoms with Crippen LogP contribution in [-0.4, -0.2) is 32.3 Å². The first kappa shape index (κ1) is 22.0. The van der Waals surface area contributed by atoms with Gasteiger partial charge in [-0.1, -0.05) is 0 Å². The Balaban J connectivity index is 1.68. The highest BCUT2D eigenvalue weighted by Crippen LogP contribution is 2.38. The maximum absolute atomic E-state index is 14.4. The number of nitrogen functional groups attached to an aromatic ring is 1. The summed E-state index contributed by atoms with van der Waals surface area (Å²) in [7, 11) is 0. The molecule has 0 aromatic carbocycles. The number of aromatic nitrogens is 3. The van der Waals surface area contributed by atoms with Gasteiger partial charge >= 0.3 is 6.18 Å². The number of pyridine rings is 2. The predicted octanol–water partition coefficient (Wildman–Crippen LogP) is 4.51. The van der Waals surface area contributed by atoms with Crippen LogP contribution in [0.4, 0.5) is 23.4 Å². The molecule has 3 N–H and O–H groups in total. The molecule has 0 unspecified atom stereocenters. The summed E-state index contributed by atoms with van der Waals surface area (Å²) in [6, 6.07) is 1.02. The Morgan fingerprint density at radius 3 is 2.75 bits per heavy atom. The predicted molar refractivity (Wildman–Crippen MR) is 108 cm³/mol. The smallest absolute Gasteiger partial charge is 0.383 e. The van der Waals surface area contributed by atoms with E-state index in [1.54, 1.807) is 13.0 Å². The summed E-state index contributed by atoms with van der Waals surface area (Å²) in [5, 5.41) is 0. The molecule has 11 heteroatoms. The standard InChI is InChI=1S/C21H21F4N5O2/c1-4-30(9(2)17-13(22)5-11(7-27-17)21(23,24)25)20(31)15-6-14-18(28-15)12-8-32-10(3)16(12)19(26)29-14/h5-7,9-10,28H,4,8H2,1-3H3,(H2,26,29)/t9-,10+/m0/s1. The number of carbonyl (C=O) groups is 1. The Bertz CT molecular complexity index is 1210. The molecule has 7 nitrogen and oxygen atoms in total. The van der Waals surface area contributed by atoms with E-state index >= 15 is 0 Å². The fraction of sp³-hybridized carbons (Fsp3) is 0.381. The second kappa shape index (κ2) is 7.73. The lowest BCUT2D eigenvalue weighted by atomic mass is 10.1. The number of halogens is 4. The molecule has 4 heterocycles. The normalized spacial score (nSPS) is 16.9. The molecule has 2 atom stereocenters. The number of ether oxygens (including phenoxy) is 1. The van der Waals surface area contributed by atoms with E-state index in [-0.39, 0.29) is 24.0 Å². The summed E-state index contributed by atoms with van der Waals surface area (Å²) >= 11 is 0. The fourth-order valence-electron chi connectivity index (χ4n) is 4.06. The zero-order valence-electron chi connectivity index (χ0n) is 17.5. The SMILES string of the molecule is CCN(C(=O)c1cc2nc(N)c3c(c2[nH]1)CO[C@@H]3C)[C@@H](C)c1ncc(C(F)(F)F)cc1F. The Kier molecular flexibility index (Phi) is 5.32. The second-order valence-corrected chi connectivity index (χ2v) is 7.64. The van der Waals surface area contributed by atoms with Gasteiger partial charge in [-0.2, -0.15) is 13.2 Å². The zero-order chi connectivity index (χ0) is 23.4. The fourth-order valence-corrected chi connectivity index (χ4v) is 4.06. The van der Waals surface area contributed by atoms with Crippen molar-refractivity contribution in [2.75, 3.05) is 12.3 Å². The quantitative estimate of drug-likeness (QED) is 0.569. The van der Waals surface area contributed by atoms with Gasteiger partial charge in [-0.15, -0.1) is 0 Å². The number of rotatable bonds is 4. The van der Waals surface area contributed by atoms with Crippen molar-refractivity contribution in [3.05, 3.63) is 52.2 Å². The molecule has 3 aromatic rings. The molecule has 1 amide bonds. The topological polar surface area (TPSA) is 97.1 Å². The number of hydrogen-bond donors (Lipinski definition) is 2. The first-order chi connectivity index (χ1) is 15.0. The minimum absolute atomic E-state index is 0.172. The summed E-state index contributed by atoms with van der Waals surface area (Å²) in [4.78, 5) is 25.6. The molecule has 32 heavy (non-hydrogen) atoms. The maximum atomic E-state index is 14.4. The van der Waals surface area contributed by atoms with Crippen LogP contribution in [-0.2, 0) is 17.5 Å². The summed E-state index contributed by atoms with van der Waals surface area (Å²) < 4.78 is 58.5. The number of anilines is 1. The van der Waals surface area contributed by atoms with Gasteiger partial charge in [0.1, 0.15) is 17.3 Å². The van der Waals surface area contributed by atoms with Gasteiger partial charge in [-0.05, 0) is 32.9 Å². The van der Waals surface area contributed by atoms with E-state index in [0.717, 1.165) is 11.1 Å². The van der Waals surface area contributed by atoms with Gasteiger partial charge in [0.05, 0.1) is 41.0 Å². The number of H-pyrrole nitrogens is 1. The average Bonchev–Trinajstić information content (AvgIpc) is 3.31. The van der Waals surface area contributed by atoms with Gasteiger partial charge in [0.25, 0.3) is 5.91 Å². The van der Waals surface area contributed by atoms with Crippen molar-refractivity contribution < 1.29 is 27.1 Å². The third-order valence-corrected chi connectivity index (χ3v) is 5.72. The monoisotopic (exact) mass is 451 g/mol.